The van der Waals surface area contributed by atoms with Crippen molar-refractivity contribution in [2.24, 2.45) is 0 Å². The number of aromatic nitrogens is 4. The molecule has 1 amide bonds. The van der Waals surface area contributed by atoms with E-state index in [1.54, 1.807) is 37.5 Å². The van der Waals surface area contributed by atoms with Gasteiger partial charge in [-0.3, -0.25) is 9.78 Å². The summed E-state index contributed by atoms with van der Waals surface area (Å²) in [6, 6.07) is 6.77. The summed E-state index contributed by atoms with van der Waals surface area (Å²) in [5.74, 6) is 0.402. The number of hydrogen-bond donors (Lipinski definition) is 1. The Morgan fingerprint density at radius 3 is 2.70 bits per heavy atom. The van der Waals surface area contributed by atoms with E-state index >= 15 is 0 Å². The maximum absolute atomic E-state index is 14.2. The van der Waals surface area contributed by atoms with Gasteiger partial charge in [0, 0.05) is 43.3 Å². The molecule has 0 atom stereocenters. The van der Waals surface area contributed by atoms with Crippen molar-refractivity contribution in [3.05, 3.63) is 53.0 Å². The number of nitrogens with zero attached hydrogens (tertiary/aromatic N) is 5. The molecule has 0 radical (unpaired) electrons. The molecular formula is C21H23FN6OS. The van der Waals surface area contributed by atoms with Gasteiger partial charge in [0.1, 0.15) is 22.3 Å². The van der Waals surface area contributed by atoms with Crippen molar-refractivity contribution < 1.29 is 9.18 Å². The van der Waals surface area contributed by atoms with Crippen LogP contribution in [0.4, 0.5) is 10.2 Å². The van der Waals surface area contributed by atoms with Crippen molar-refractivity contribution in [1.82, 2.24) is 25.1 Å². The molecule has 1 aliphatic rings. The van der Waals surface area contributed by atoms with Crippen LogP contribution >= 0.6 is 11.3 Å². The highest BCUT2D eigenvalue weighted by molar-refractivity contribution is 7.15. The molecule has 3 aromatic heterocycles. The second kappa shape index (κ2) is 8.43. The monoisotopic (exact) mass is 426 g/mol. The van der Waals surface area contributed by atoms with Crippen molar-refractivity contribution in [2.75, 3.05) is 26.0 Å². The number of rotatable bonds is 7. The van der Waals surface area contributed by atoms with E-state index in [4.69, 9.17) is 0 Å². The molecule has 1 saturated carbocycles. The number of nitrogens with one attached hydrogen (secondary N) is 1. The standard InChI is InChI=1S/C21H23FN6OS/c1-28(2)18(29)11-14-12-24-20(30-14)16-6-7-17(27-26-16)25-13-21(8-4-9-21)19-15(22)5-3-10-23-19/h3,5-7,10,12H,4,8-9,11,13H2,1-2H3,(H,25,27). The van der Waals surface area contributed by atoms with Crippen LogP contribution in [0.25, 0.3) is 10.7 Å². The van der Waals surface area contributed by atoms with Crippen molar-refractivity contribution in [2.45, 2.75) is 31.1 Å². The molecule has 0 saturated heterocycles. The lowest BCUT2D eigenvalue weighted by Crippen LogP contribution is -2.42. The average Bonchev–Trinajstić information content (AvgIpc) is 3.17. The minimum Gasteiger partial charge on any atom is -0.368 e. The Hall–Kier alpha value is -2.94. The van der Waals surface area contributed by atoms with E-state index in [0.717, 1.165) is 29.1 Å². The van der Waals surface area contributed by atoms with Crippen LogP contribution in [0, 0.1) is 5.82 Å². The molecule has 30 heavy (non-hydrogen) atoms. The highest BCUT2D eigenvalue weighted by Crippen LogP contribution is 2.43. The molecule has 0 aliphatic heterocycles. The number of hydrogen-bond acceptors (Lipinski definition) is 7. The van der Waals surface area contributed by atoms with E-state index in [1.165, 1.54) is 17.4 Å². The molecule has 0 spiro atoms. The Kier molecular flexibility index (Phi) is 5.72. The van der Waals surface area contributed by atoms with Gasteiger partial charge in [-0.2, -0.15) is 0 Å². The van der Waals surface area contributed by atoms with Crippen LogP contribution in [-0.4, -0.2) is 51.6 Å². The SMILES string of the molecule is CN(C)C(=O)Cc1cnc(-c2ccc(NCC3(c4ncccc4F)CCC3)nn2)s1. The maximum Gasteiger partial charge on any atom is 0.227 e. The van der Waals surface area contributed by atoms with Gasteiger partial charge in [-0.1, -0.05) is 6.42 Å². The number of carbonyl (C=O) groups excluding carboxylic acids is 1. The Labute approximate surface area is 178 Å². The summed E-state index contributed by atoms with van der Waals surface area (Å²) >= 11 is 1.44. The summed E-state index contributed by atoms with van der Waals surface area (Å²) in [4.78, 5) is 22.9. The van der Waals surface area contributed by atoms with Crippen molar-refractivity contribution in [1.29, 1.82) is 0 Å². The fraction of sp³-hybridized carbons (Fsp3) is 0.381. The fourth-order valence-corrected chi connectivity index (χ4v) is 4.36. The van der Waals surface area contributed by atoms with Crippen LogP contribution in [0.15, 0.2) is 36.7 Å². The fourth-order valence-electron chi connectivity index (χ4n) is 3.49. The van der Waals surface area contributed by atoms with Gasteiger partial charge in [-0.05, 0) is 37.1 Å². The first kappa shape index (κ1) is 20.3. The minimum absolute atomic E-state index is 0.0325. The van der Waals surface area contributed by atoms with E-state index in [1.807, 2.05) is 12.1 Å². The second-order valence-corrected chi connectivity index (χ2v) is 8.84. The maximum atomic E-state index is 14.2. The number of halogens is 1. The zero-order chi connectivity index (χ0) is 21.1. The van der Waals surface area contributed by atoms with Gasteiger partial charge in [-0.15, -0.1) is 21.5 Å². The van der Waals surface area contributed by atoms with Crippen LogP contribution in [0.2, 0.25) is 0 Å². The van der Waals surface area contributed by atoms with Gasteiger partial charge in [0.05, 0.1) is 12.1 Å². The van der Waals surface area contributed by atoms with Crippen LogP contribution in [0.1, 0.15) is 29.8 Å². The second-order valence-electron chi connectivity index (χ2n) is 7.72. The number of amides is 1. The lowest BCUT2D eigenvalue weighted by molar-refractivity contribution is -0.127. The first-order valence-electron chi connectivity index (χ1n) is 9.81. The summed E-state index contributed by atoms with van der Waals surface area (Å²) < 4.78 is 14.2. The normalized spacial score (nSPS) is 14.8. The van der Waals surface area contributed by atoms with Gasteiger partial charge < -0.3 is 10.2 Å². The summed E-state index contributed by atoms with van der Waals surface area (Å²) in [5, 5.41) is 12.5. The van der Waals surface area contributed by atoms with E-state index < -0.39 is 0 Å². The van der Waals surface area contributed by atoms with Crippen LogP contribution in [-0.2, 0) is 16.6 Å². The number of anilines is 1. The average molecular weight is 427 g/mol. The molecule has 0 bridgehead atoms. The molecule has 156 valence electrons. The molecule has 3 aromatic rings. The summed E-state index contributed by atoms with van der Waals surface area (Å²) in [5.41, 5.74) is 0.883. The van der Waals surface area contributed by atoms with Gasteiger partial charge in [-0.25, -0.2) is 9.37 Å². The Bertz CT molecular complexity index is 1030. The predicted molar refractivity (Wildman–Crippen MR) is 114 cm³/mol. The highest BCUT2D eigenvalue weighted by Gasteiger charge is 2.41. The molecule has 0 unspecified atom stereocenters. The zero-order valence-electron chi connectivity index (χ0n) is 16.9. The molecule has 1 fully saturated rings. The summed E-state index contributed by atoms with van der Waals surface area (Å²) in [7, 11) is 3.47. The largest absolute Gasteiger partial charge is 0.368 e. The third kappa shape index (κ3) is 4.16. The highest BCUT2D eigenvalue weighted by atomic mass is 32.1. The van der Waals surface area contributed by atoms with Crippen LogP contribution in [0.5, 0.6) is 0 Å². The lowest BCUT2D eigenvalue weighted by Gasteiger charge is -2.41. The molecule has 9 heteroatoms. The third-order valence-electron chi connectivity index (χ3n) is 5.44. The van der Waals surface area contributed by atoms with E-state index in [0.29, 0.717) is 30.2 Å². The molecule has 0 aromatic carbocycles. The summed E-state index contributed by atoms with van der Waals surface area (Å²) in [6.45, 7) is 0.559. The third-order valence-corrected chi connectivity index (χ3v) is 6.46. The van der Waals surface area contributed by atoms with E-state index in [9.17, 15) is 9.18 Å². The number of thiazole rings is 1. The van der Waals surface area contributed by atoms with E-state index in [2.05, 4.69) is 25.5 Å². The van der Waals surface area contributed by atoms with Gasteiger partial charge in [0.25, 0.3) is 0 Å². The van der Waals surface area contributed by atoms with Crippen LogP contribution < -0.4 is 5.32 Å². The van der Waals surface area contributed by atoms with E-state index in [-0.39, 0.29) is 17.1 Å². The zero-order valence-corrected chi connectivity index (χ0v) is 17.7. The quantitative estimate of drug-likeness (QED) is 0.624. The predicted octanol–water partition coefficient (Wildman–Crippen LogP) is 3.30. The van der Waals surface area contributed by atoms with Gasteiger partial charge in [0.15, 0.2) is 0 Å². The number of pyridine rings is 1. The lowest BCUT2D eigenvalue weighted by atomic mass is 9.66. The first-order valence-corrected chi connectivity index (χ1v) is 10.6. The molecule has 1 aliphatic carbocycles. The molecular weight excluding hydrogens is 403 g/mol. The number of carbonyl (C=O) groups is 1. The summed E-state index contributed by atoms with van der Waals surface area (Å²) in [6.07, 6.45) is 6.52. The topological polar surface area (TPSA) is 83.9 Å². The van der Waals surface area contributed by atoms with Gasteiger partial charge in [0.2, 0.25) is 5.91 Å². The molecule has 1 N–H and O–H groups in total. The first-order chi connectivity index (χ1) is 14.5. The minimum atomic E-state index is -0.297. The number of likely N-dealkylation sites (N-methyl/N-ethyl adjacent to an activating group) is 1. The van der Waals surface area contributed by atoms with Crippen molar-refractivity contribution in [3.8, 4) is 10.7 Å². The van der Waals surface area contributed by atoms with Crippen molar-refractivity contribution in [3.63, 3.8) is 0 Å². The van der Waals surface area contributed by atoms with Gasteiger partial charge >= 0.3 is 0 Å². The molecule has 7 nitrogen and oxygen atoms in total. The Balaban J connectivity index is 1.41. The Morgan fingerprint density at radius 2 is 2.07 bits per heavy atom. The van der Waals surface area contributed by atoms with Crippen LogP contribution in [0.3, 0.4) is 0 Å². The smallest absolute Gasteiger partial charge is 0.227 e. The molecule has 4 rings (SSSR count). The molecule has 3 heterocycles. The Morgan fingerprint density at radius 1 is 1.23 bits per heavy atom. The van der Waals surface area contributed by atoms with Crippen molar-refractivity contribution >= 4 is 23.1 Å².